The van der Waals surface area contributed by atoms with Crippen molar-refractivity contribution in [3.63, 3.8) is 0 Å². The zero-order valence-electron chi connectivity index (χ0n) is 13.8. The van der Waals surface area contributed by atoms with Crippen molar-refractivity contribution < 1.29 is 4.79 Å². The number of aromatic nitrogens is 3. The normalized spacial score (nSPS) is 21.6. The van der Waals surface area contributed by atoms with Gasteiger partial charge in [0.15, 0.2) is 0 Å². The molecule has 1 atom stereocenters. The van der Waals surface area contributed by atoms with Crippen molar-refractivity contribution in [3.8, 4) is 0 Å². The molecule has 1 aromatic heterocycles. The molecule has 1 amide bonds. The van der Waals surface area contributed by atoms with E-state index in [9.17, 15) is 9.59 Å². The van der Waals surface area contributed by atoms with Gasteiger partial charge in [-0.3, -0.25) is 9.36 Å². The Hall–Kier alpha value is -2.37. The molecule has 0 bridgehead atoms. The van der Waals surface area contributed by atoms with E-state index < -0.39 is 0 Å². The van der Waals surface area contributed by atoms with Gasteiger partial charge in [-0.1, -0.05) is 29.8 Å². The Morgan fingerprint density at radius 3 is 2.75 bits per heavy atom. The molecule has 1 aliphatic carbocycles. The van der Waals surface area contributed by atoms with Crippen molar-refractivity contribution in [1.29, 1.82) is 0 Å². The number of amides is 1. The number of aromatic amines is 1. The second-order valence-electron chi connectivity index (χ2n) is 7.04. The molecule has 0 radical (unpaired) electrons. The van der Waals surface area contributed by atoms with Crippen LogP contribution >= 0.6 is 0 Å². The predicted octanol–water partition coefficient (Wildman–Crippen LogP) is 1.43. The number of H-pyrrole nitrogens is 1. The number of carbonyl (C=O) groups excluding carboxylic acids is 1. The highest BCUT2D eigenvalue weighted by atomic mass is 16.2. The van der Waals surface area contributed by atoms with Gasteiger partial charge in [0.1, 0.15) is 5.82 Å². The number of aryl methyl sites for hydroxylation is 2. The molecule has 6 heteroatoms. The summed E-state index contributed by atoms with van der Waals surface area (Å²) >= 11 is 0. The van der Waals surface area contributed by atoms with Gasteiger partial charge in [0, 0.05) is 19.0 Å². The molecule has 1 aromatic carbocycles. The van der Waals surface area contributed by atoms with Crippen molar-refractivity contribution in [3.05, 3.63) is 51.7 Å². The second kappa shape index (κ2) is 5.61. The van der Waals surface area contributed by atoms with E-state index in [-0.39, 0.29) is 23.1 Å². The lowest BCUT2D eigenvalue weighted by Gasteiger charge is -2.21. The Bertz CT molecular complexity index is 814. The van der Waals surface area contributed by atoms with E-state index in [0.29, 0.717) is 13.0 Å². The summed E-state index contributed by atoms with van der Waals surface area (Å²) in [7, 11) is 0. The van der Waals surface area contributed by atoms with Crippen molar-refractivity contribution in [2.45, 2.75) is 57.0 Å². The number of nitrogens with zero attached hydrogens (tertiary/aromatic N) is 2. The van der Waals surface area contributed by atoms with E-state index in [2.05, 4.69) is 46.7 Å². The van der Waals surface area contributed by atoms with Gasteiger partial charge in [-0.05, 0) is 38.2 Å². The van der Waals surface area contributed by atoms with E-state index in [1.165, 1.54) is 5.56 Å². The summed E-state index contributed by atoms with van der Waals surface area (Å²) in [4.78, 5) is 24.6. The quantitative estimate of drug-likeness (QED) is 0.895. The summed E-state index contributed by atoms with van der Waals surface area (Å²) in [5.74, 6) is 0.918. The Kier molecular flexibility index (Phi) is 3.55. The monoisotopic (exact) mass is 326 g/mol. The van der Waals surface area contributed by atoms with Gasteiger partial charge < -0.3 is 5.32 Å². The third-order valence-electron chi connectivity index (χ3n) is 5.38. The molecule has 126 valence electrons. The molecule has 2 aliphatic rings. The van der Waals surface area contributed by atoms with Crippen LogP contribution in [0.2, 0.25) is 0 Å². The van der Waals surface area contributed by atoms with Crippen LogP contribution in [-0.4, -0.2) is 26.7 Å². The maximum atomic E-state index is 12.9. The van der Waals surface area contributed by atoms with Gasteiger partial charge >= 0.3 is 5.69 Å². The lowest BCUT2D eigenvalue weighted by Crippen LogP contribution is -2.42. The summed E-state index contributed by atoms with van der Waals surface area (Å²) in [6.45, 7) is 2.66. The molecule has 1 aliphatic heterocycles. The van der Waals surface area contributed by atoms with Gasteiger partial charge in [-0.2, -0.15) is 5.10 Å². The standard InChI is InChI=1S/C18H22N4O2/c1-12-2-4-13(5-3-12)18(9-10-18)16(23)19-14-6-7-15-20-21-17(24)22(15)11-8-14/h2-5,14H,6-11H2,1H3,(H,19,23)(H,21,24). The van der Waals surface area contributed by atoms with Crippen LogP contribution in [0, 0.1) is 6.92 Å². The molecule has 6 nitrogen and oxygen atoms in total. The second-order valence-corrected chi connectivity index (χ2v) is 7.04. The Labute approximate surface area is 140 Å². The van der Waals surface area contributed by atoms with E-state index >= 15 is 0 Å². The number of rotatable bonds is 3. The van der Waals surface area contributed by atoms with Crippen molar-refractivity contribution in [2.24, 2.45) is 0 Å². The fourth-order valence-corrected chi connectivity index (χ4v) is 3.62. The van der Waals surface area contributed by atoms with Crippen LogP contribution in [0.25, 0.3) is 0 Å². The Morgan fingerprint density at radius 1 is 1.29 bits per heavy atom. The number of nitrogens with one attached hydrogen (secondary N) is 2. The van der Waals surface area contributed by atoms with E-state index in [4.69, 9.17) is 0 Å². The number of hydrogen-bond donors (Lipinski definition) is 2. The number of fused-ring (bicyclic) bond motifs is 1. The van der Waals surface area contributed by atoms with Crippen LogP contribution < -0.4 is 11.0 Å². The molecule has 0 spiro atoms. The van der Waals surface area contributed by atoms with Crippen molar-refractivity contribution in [2.75, 3.05) is 0 Å². The van der Waals surface area contributed by atoms with E-state index in [1.807, 2.05) is 0 Å². The summed E-state index contributed by atoms with van der Waals surface area (Å²) in [6.07, 6.45) is 4.12. The lowest BCUT2D eigenvalue weighted by molar-refractivity contribution is -0.124. The Balaban J connectivity index is 1.45. The summed E-state index contributed by atoms with van der Waals surface area (Å²) in [5.41, 5.74) is 1.82. The zero-order chi connectivity index (χ0) is 16.7. The highest BCUT2D eigenvalue weighted by Gasteiger charge is 2.51. The van der Waals surface area contributed by atoms with E-state index in [0.717, 1.165) is 37.1 Å². The van der Waals surface area contributed by atoms with E-state index in [1.54, 1.807) is 4.57 Å². The van der Waals surface area contributed by atoms with Crippen LogP contribution in [0.15, 0.2) is 29.1 Å². The minimum atomic E-state index is -0.342. The van der Waals surface area contributed by atoms with Gasteiger partial charge in [0.2, 0.25) is 5.91 Å². The smallest absolute Gasteiger partial charge is 0.343 e. The third kappa shape index (κ3) is 2.56. The predicted molar refractivity (Wildman–Crippen MR) is 89.8 cm³/mol. The molecule has 2 N–H and O–H groups in total. The van der Waals surface area contributed by atoms with Crippen molar-refractivity contribution in [1.82, 2.24) is 20.1 Å². The first-order chi connectivity index (χ1) is 11.6. The molecular weight excluding hydrogens is 304 g/mol. The fraction of sp³-hybridized carbons (Fsp3) is 0.500. The molecule has 1 unspecified atom stereocenters. The number of benzene rings is 1. The maximum Gasteiger partial charge on any atom is 0.343 e. The van der Waals surface area contributed by atoms with Crippen LogP contribution in [0.4, 0.5) is 0 Å². The molecule has 1 fully saturated rings. The minimum absolute atomic E-state index is 0.0986. The molecule has 4 rings (SSSR count). The first kappa shape index (κ1) is 15.2. The topological polar surface area (TPSA) is 79.8 Å². The lowest BCUT2D eigenvalue weighted by atomic mass is 9.93. The summed E-state index contributed by atoms with van der Waals surface area (Å²) in [5, 5.41) is 9.78. The van der Waals surface area contributed by atoms with Gasteiger partial charge in [-0.25, -0.2) is 9.89 Å². The summed E-state index contributed by atoms with van der Waals surface area (Å²) < 4.78 is 1.68. The van der Waals surface area contributed by atoms with Crippen LogP contribution in [0.1, 0.15) is 42.6 Å². The molecule has 1 saturated carbocycles. The minimum Gasteiger partial charge on any atom is -0.353 e. The summed E-state index contributed by atoms with van der Waals surface area (Å²) in [6, 6.07) is 8.38. The number of hydrogen-bond acceptors (Lipinski definition) is 3. The third-order valence-corrected chi connectivity index (χ3v) is 5.38. The van der Waals surface area contributed by atoms with Gasteiger partial charge in [0.25, 0.3) is 0 Å². The highest BCUT2D eigenvalue weighted by Crippen LogP contribution is 2.48. The van der Waals surface area contributed by atoms with Crippen LogP contribution in [-0.2, 0) is 23.2 Å². The van der Waals surface area contributed by atoms with Crippen LogP contribution in [0.3, 0.4) is 0 Å². The molecule has 0 saturated heterocycles. The first-order valence-electron chi connectivity index (χ1n) is 8.61. The molecule has 2 aromatic rings. The molecule has 2 heterocycles. The van der Waals surface area contributed by atoms with Gasteiger partial charge in [0.05, 0.1) is 5.41 Å². The first-order valence-corrected chi connectivity index (χ1v) is 8.61. The SMILES string of the molecule is Cc1ccc(C2(C(=O)NC3CCc4n[nH]c(=O)n4CC3)CC2)cc1. The fourth-order valence-electron chi connectivity index (χ4n) is 3.62. The highest BCUT2D eigenvalue weighted by molar-refractivity contribution is 5.91. The van der Waals surface area contributed by atoms with Crippen LogP contribution in [0.5, 0.6) is 0 Å². The molecule has 24 heavy (non-hydrogen) atoms. The zero-order valence-corrected chi connectivity index (χ0v) is 13.8. The Morgan fingerprint density at radius 2 is 2.04 bits per heavy atom. The molecular formula is C18H22N4O2. The average Bonchev–Trinajstić information content (AvgIpc) is 3.34. The number of carbonyl (C=O) groups is 1. The largest absolute Gasteiger partial charge is 0.353 e. The maximum absolute atomic E-state index is 12.9. The van der Waals surface area contributed by atoms with Crippen molar-refractivity contribution >= 4 is 5.91 Å². The van der Waals surface area contributed by atoms with Gasteiger partial charge in [-0.15, -0.1) is 0 Å². The average molecular weight is 326 g/mol.